The lowest BCUT2D eigenvalue weighted by Gasteiger charge is -2.33. The molecule has 0 spiro atoms. The predicted molar refractivity (Wildman–Crippen MR) is 125 cm³/mol. The molecule has 3 N–H and O–H groups in total. The quantitative estimate of drug-likeness (QED) is 0.535. The molecule has 166 valence electrons. The molecule has 4 rings (SSSR count). The molecule has 1 aliphatic rings. The van der Waals surface area contributed by atoms with Gasteiger partial charge in [-0.3, -0.25) is 9.69 Å². The molecule has 32 heavy (non-hydrogen) atoms. The van der Waals surface area contributed by atoms with E-state index >= 15 is 0 Å². The monoisotopic (exact) mass is 430 g/mol. The van der Waals surface area contributed by atoms with Gasteiger partial charge in [0, 0.05) is 25.2 Å². The molecule has 5 nitrogen and oxygen atoms in total. The van der Waals surface area contributed by atoms with E-state index in [-0.39, 0.29) is 17.8 Å². The lowest BCUT2D eigenvalue weighted by atomic mass is 9.75. The molecule has 0 aromatic heterocycles. The third-order valence-corrected chi connectivity index (χ3v) is 6.46. The minimum absolute atomic E-state index is 0.136. The van der Waals surface area contributed by atoms with Crippen molar-refractivity contribution in [2.45, 2.75) is 30.9 Å². The fourth-order valence-electron chi connectivity index (χ4n) is 4.51. The van der Waals surface area contributed by atoms with Crippen LogP contribution in [0.25, 0.3) is 0 Å². The number of carbonyl (C=O) groups excluding carboxylic acids is 1. The molecule has 3 aromatic carbocycles. The second kappa shape index (κ2) is 9.55. The number of aliphatic hydroxyl groups excluding tert-OH is 1. The standard InChI is InChI=1S/C27H30N2O3/c1-27(20-10-4-2-5-11-20,21-12-6-3-7-13-21)26(32)28-24(19-29-17-16-22(30)18-29)23-14-8-9-15-25(23)31/h2-15,22,24,30-31H,16-19H2,1H3,(H,28,32)/t22?,24-/m1/s1. The summed E-state index contributed by atoms with van der Waals surface area (Å²) in [4.78, 5) is 16.1. The summed E-state index contributed by atoms with van der Waals surface area (Å²) in [6.07, 6.45) is 0.363. The van der Waals surface area contributed by atoms with Crippen LogP contribution in [0.3, 0.4) is 0 Å². The predicted octanol–water partition coefficient (Wildman–Crippen LogP) is 3.62. The fourth-order valence-corrected chi connectivity index (χ4v) is 4.51. The SMILES string of the molecule is CC(C(=O)N[C@H](CN1CCC(O)C1)c1ccccc1O)(c1ccccc1)c1ccccc1. The summed E-state index contributed by atoms with van der Waals surface area (Å²) in [7, 11) is 0. The number of nitrogens with one attached hydrogen (secondary N) is 1. The average molecular weight is 431 g/mol. The molecule has 1 saturated heterocycles. The first kappa shape index (κ1) is 22.1. The average Bonchev–Trinajstić information content (AvgIpc) is 3.24. The summed E-state index contributed by atoms with van der Waals surface area (Å²) in [5, 5.41) is 23.7. The van der Waals surface area contributed by atoms with Gasteiger partial charge in [0.15, 0.2) is 0 Å². The Morgan fingerprint density at radius 2 is 1.56 bits per heavy atom. The molecule has 0 bridgehead atoms. The lowest BCUT2D eigenvalue weighted by molar-refractivity contribution is -0.125. The highest BCUT2D eigenvalue weighted by Crippen LogP contribution is 2.34. The van der Waals surface area contributed by atoms with Gasteiger partial charge in [-0.2, -0.15) is 0 Å². The normalized spacial score (nSPS) is 17.8. The van der Waals surface area contributed by atoms with Gasteiger partial charge in [-0.05, 0) is 30.5 Å². The number of amides is 1. The van der Waals surface area contributed by atoms with Crippen molar-refractivity contribution in [1.82, 2.24) is 10.2 Å². The van der Waals surface area contributed by atoms with Gasteiger partial charge in [0.25, 0.3) is 0 Å². The first-order chi connectivity index (χ1) is 15.5. The number of para-hydroxylation sites is 1. The van der Waals surface area contributed by atoms with Crippen molar-refractivity contribution in [1.29, 1.82) is 0 Å². The Morgan fingerprint density at radius 1 is 1.00 bits per heavy atom. The second-order valence-electron chi connectivity index (χ2n) is 8.64. The van der Waals surface area contributed by atoms with Crippen LogP contribution in [0.2, 0.25) is 0 Å². The number of rotatable bonds is 7. The molecule has 1 aliphatic heterocycles. The molecule has 1 unspecified atom stereocenters. The maximum atomic E-state index is 13.9. The number of nitrogens with zero attached hydrogens (tertiary/aromatic N) is 1. The van der Waals surface area contributed by atoms with E-state index in [2.05, 4.69) is 10.2 Å². The van der Waals surface area contributed by atoms with Crippen LogP contribution in [0, 0.1) is 0 Å². The molecule has 0 radical (unpaired) electrons. The Labute approximate surface area is 189 Å². The van der Waals surface area contributed by atoms with Gasteiger partial charge in [-0.1, -0.05) is 78.9 Å². The van der Waals surface area contributed by atoms with E-state index < -0.39 is 11.5 Å². The van der Waals surface area contributed by atoms with Crippen molar-refractivity contribution < 1.29 is 15.0 Å². The maximum Gasteiger partial charge on any atom is 0.235 e. The summed E-state index contributed by atoms with van der Waals surface area (Å²) in [6.45, 7) is 3.78. The van der Waals surface area contributed by atoms with Crippen LogP contribution in [0.1, 0.15) is 36.1 Å². The van der Waals surface area contributed by atoms with E-state index in [1.165, 1.54) is 0 Å². The van der Waals surface area contributed by atoms with Gasteiger partial charge in [0.05, 0.1) is 17.6 Å². The number of phenols is 1. The Bertz CT molecular complexity index is 1000. The molecular formula is C27H30N2O3. The van der Waals surface area contributed by atoms with Crippen LogP contribution in [-0.4, -0.2) is 46.8 Å². The smallest absolute Gasteiger partial charge is 0.235 e. The summed E-state index contributed by atoms with van der Waals surface area (Å²) >= 11 is 0. The van der Waals surface area contributed by atoms with E-state index in [1.807, 2.05) is 79.7 Å². The van der Waals surface area contributed by atoms with Crippen molar-refractivity contribution in [3.05, 3.63) is 102 Å². The van der Waals surface area contributed by atoms with Gasteiger partial charge in [0.2, 0.25) is 5.91 Å². The highest BCUT2D eigenvalue weighted by molar-refractivity contribution is 5.92. The number of likely N-dealkylation sites (tertiary alicyclic amines) is 1. The topological polar surface area (TPSA) is 72.8 Å². The molecule has 1 amide bonds. The zero-order valence-electron chi connectivity index (χ0n) is 18.3. The molecule has 1 fully saturated rings. The Kier molecular flexibility index (Phi) is 6.58. The first-order valence-electron chi connectivity index (χ1n) is 11.1. The summed E-state index contributed by atoms with van der Waals surface area (Å²) in [5.74, 6) is 0.0153. The third-order valence-electron chi connectivity index (χ3n) is 6.46. The molecule has 0 aliphatic carbocycles. The van der Waals surface area contributed by atoms with Crippen molar-refractivity contribution in [2.24, 2.45) is 0 Å². The van der Waals surface area contributed by atoms with Crippen LogP contribution in [-0.2, 0) is 10.2 Å². The lowest BCUT2D eigenvalue weighted by Crippen LogP contribution is -2.47. The van der Waals surface area contributed by atoms with Crippen molar-refractivity contribution in [3.8, 4) is 5.75 Å². The number of aromatic hydroxyl groups is 1. The van der Waals surface area contributed by atoms with E-state index in [0.717, 1.165) is 17.7 Å². The number of phenolic OH excluding ortho intramolecular Hbond substituents is 1. The van der Waals surface area contributed by atoms with E-state index in [0.29, 0.717) is 25.1 Å². The van der Waals surface area contributed by atoms with E-state index in [4.69, 9.17) is 0 Å². The van der Waals surface area contributed by atoms with Crippen LogP contribution in [0.15, 0.2) is 84.9 Å². The minimum Gasteiger partial charge on any atom is -0.508 e. The van der Waals surface area contributed by atoms with Crippen molar-refractivity contribution in [2.75, 3.05) is 19.6 Å². The second-order valence-corrected chi connectivity index (χ2v) is 8.64. The van der Waals surface area contributed by atoms with Crippen LogP contribution in [0.5, 0.6) is 5.75 Å². The van der Waals surface area contributed by atoms with Crippen LogP contribution < -0.4 is 5.32 Å². The molecule has 5 heteroatoms. The Morgan fingerprint density at radius 3 is 2.09 bits per heavy atom. The number of aliphatic hydroxyl groups is 1. The molecule has 2 atom stereocenters. The summed E-state index contributed by atoms with van der Waals surface area (Å²) in [6, 6.07) is 26.2. The van der Waals surface area contributed by atoms with Gasteiger partial charge in [-0.25, -0.2) is 0 Å². The van der Waals surface area contributed by atoms with Crippen molar-refractivity contribution in [3.63, 3.8) is 0 Å². The number of β-amino-alcohol motifs (C(OH)–C–C–N with tert-alkyl or cyclic N) is 1. The zero-order chi connectivity index (χ0) is 22.6. The summed E-state index contributed by atoms with van der Waals surface area (Å²) in [5.41, 5.74) is 1.56. The fraction of sp³-hybridized carbons (Fsp3) is 0.296. The summed E-state index contributed by atoms with van der Waals surface area (Å²) < 4.78 is 0. The van der Waals surface area contributed by atoms with Crippen molar-refractivity contribution >= 4 is 5.91 Å². The Hall–Kier alpha value is -3.15. The van der Waals surface area contributed by atoms with Gasteiger partial charge in [-0.15, -0.1) is 0 Å². The van der Waals surface area contributed by atoms with E-state index in [9.17, 15) is 15.0 Å². The highest BCUT2D eigenvalue weighted by Gasteiger charge is 2.39. The highest BCUT2D eigenvalue weighted by atomic mass is 16.3. The first-order valence-corrected chi connectivity index (χ1v) is 11.1. The maximum absolute atomic E-state index is 13.9. The zero-order valence-corrected chi connectivity index (χ0v) is 18.3. The van der Waals surface area contributed by atoms with Crippen LogP contribution in [0.4, 0.5) is 0 Å². The van der Waals surface area contributed by atoms with Gasteiger partial charge >= 0.3 is 0 Å². The van der Waals surface area contributed by atoms with E-state index in [1.54, 1.807) is 12.1 Å². The van der Waals surface area contributed by atoms with Gasteiger partial charge < -0.3 is 15.5 Å². The molecule has 3 aromatic rings. The number of carbonyl (C=O) groups is 1. The van der Waals surface area contributed by atoms with Crippen LogP contribution >= 0.6 is 0 Å². The number of hydrogen-bond donors (Lipinski definition) is 3. The molecule has 0 saturated carbocycles. The number of hydrogen-bond acceptors (Lipinski definition) is 4. The molecule has 1 heterocycles. The minimum atomic E-state index is -0.907. The Balaban J connectivity index is 1.69. The third kappa shape index (κ3) is 4.54. The molecular weight excluding hydrogens is 400 g/mol. The largest absolute Gasteiger partial charge is 0.508 e. The van der Waals surface area contributed by atoms with Gasteiger partial charge in [0.1, 0.15) is 5.75 Å². The number of benzene rings is 3.